The maximum Gasteiger partial charge on any atom is 0.414 e. The van der Waals surface area contributed by atoms with E-state index in [4.69, 9.17) is 4.74 Å². The molecule has 0 aromatic heterocycles. The lowest BCUT2D eigenvalue weighted by Crippen LogP contribution is -2.59. The van der Waals surface area contributed by atoms with Crippen LogP contribution in [0.15, 0.2) is 23.2 Å². The third-order valence-electron chi connectivity index (χ3n) is 4.61. The minimum Gasteiger partial charge on any atom is -0.444 e. The fraction of sp³-hybridized carbons (Fsp3) is 0.529. The van der Waals surface area contributed by atoms with Gasteiger partial charge in [-0.3, -0.25) is 5.32 Å². The molecule has 28 heavy (non-hydrogen) atoms. The van der Waals surface area contributed by atoms with E-state index >= 15 is 0 Å². The highest BCUT2D eigenvalue weighted by molar-refractivity contribution is 7.90. The molecule has 0 spiro atoms. The van der Waals surface area contributed by atoms with Crippen LogP contribution in [0.2, 0.25) is 0 Å². The second-order valence-electron chi connectivity index (χ2n) is 7.74. The largest absolute Gasteiger partial charge is 0.444 e. The number of aliphatic imine (C=N–C) groups is 1. The van der Waals surface area contributed by atoms with E-state index in [0.29, 0.717) is 6.07 Å². The van der Waals surface area contributed by atoms with Crippen LogP contribution in [0.5, 0.6) is 0 Å². The van der Waals surface area contributed by atoms with Crippen LogP contribution in [0.1, 0.15) is 26.3 Å². The first-order valence-electron chi connectivity index (χ1n) is 8.61. The number of fused-ring (bicyclic) bond motifs is 1. The third-order valence-corrected chi connectivity index (χ3v) is 6.82. The molecular weight excluding hydrogens is 394 g/mol. The van der Waals surface area contributed by atoms with Gasteiger partial charge in [0.2, 0.25) is 16.0 Å². The Morgan fingerprint density at radius 2 is 2.07 bits per heavy atom. The standard InChI is InChI=1S/C17H22F2N4O4S/c1-16(2,3)27-15(24)21-14-22-17(11-6-5-10(18)7-12(11)19)9-20-8-13(17)28(25,26)23(14)4/h5-7,13,20H,8-9H2,1-4H3,(H,21,22,24)/t13-,17-/m1/s1. The Kier molecular flexibility index (Phi) is 4.87. The summed E-state index contributed by atoms with van der Waals surface area (Å²) in [4.78, 5) is 16.6. The lowest BCUT2D eigenvalue weighted by atomic mass is 9.88. The van der Waals surface area contributed by atoms with Gasteiger partial charge in [-0.2, -0.15) is 0 Å². The van der Waals surface area contributed by atoms with Crippen molar-refractivity contribution < 1.29 is 26.7 Å². The van der Waals surface area contributed by atoms with E-state index in [2.05, 4.69) is 15.6 Å². The van der Waals surface area contributed by atoms with Gasteiger partial charge in [-0.25, -0.2) is 31.3 Å². The Hall–Kier alpha value is -2.27. The van der Waals surface area contributed by atoms with E-state index in [0.717, 1.165) is 10.4 Å². The van der Waals surface area contributed by atoms with Crippen molar-refractivity contribution in [1.82, 2.24) is 14.9 Å². The van der Waals surface area contributed by atoms with Gasteiger partial charge >= 0.3 is 6.09 Å². The number of nitrogens with zero attached hydrogens (tertiary/aromatic N) is 2. The van der Waals surface area contributed by atoms with Crippen molar-refractivity contribution in [2.45, 2.75) is 37.2 Å². The number of ether oxygens (including phenoxy) is 1. The average molecular weight is 416 g/mol. The summed E-state index contributed by atoms with van der Waals surface area (Å²) >= 11 is 0. The van der Waals surface area contributed by atoms with Crippen molar-refractivity contribution in [2.24, 2.45) is 4.99 Å². The molecule has 2 heterocycles. The minimum atomic E-state index is -4.00. The molecule has 1 fully saturated rings. The van der Waals surface area contributed by atoms with Crippen LogP contribution < -0.4 is 10.6 Å². The third kappa shape index (κ3) is 3.44. The molecule has 11 heteroatoms. The Labute approximate surface area is 162 Å². The Morgan fingerprint density at radius 3 is 2.68 bits per heavy atom. The molecule has 0 aliphatic carbocycles. The van der Waals surface area contributed by atoms with Crippen molar-refractivity contribution in [3.8, 4) is 0 Å². The molecule has 0 unspecified atom stereocenters. The fourth-order valence-corrected chi connectivity index (χ4v) is 5.17. The molecule has 154 valence electrons. The zero-order chi connectivity index (χ0) is 20.9. The molecule has 1 aromatic rings. The quantitative estimate of drug-likeness (QED) is 0.719. The molecule has 1 saturated heterocycles. The number of amides is 1. The molecule has 2 aliphatic rings. The number of halogens is 2. The molecule has 2 aliphatic heterocycles. The summed E-state index contributed by atoms with van der Waals surface area (Å²) in [5, 5.41) is 4.13. The van der Waals surface area contributed by atoms with Gasteiger partial charge in [0, 0.05) is 31.8 Å². The van der Waals surface area contributed by atoms with Crippen LogP contribution in [0, 0.1) is 11.6 Å². The lowest BCUT2D eigenvalue weighted by molar-refractivity contribution is 0.0559. The summed E-state index contributed by atoms with van der Waals surface area (Å²) in [6, 6.07) is 2.91. The smallest absolute Gasteiger partial charge is 0.414 e. The summed E-state index contributed by atoms with van der Waals surface area (Å²) in [5.74, 6) is -1.99. The first-order valence-corrected chi connectivity index (χ1v) is 10.1. The van der Waals surface area contributed by atoms with E-state index in [-0.39, 0.29) is 24.6 Å². The van der Waals surface area contributed by atoms with E-state index in [1.54, 1.807) is 20.8 Å². The fourth-order valence-electron chi connectivity index (χ4n) is 3.38. The van der Waals surface area contributed by atoms with Gasteiger partial charge < -0.3 is 10.1 Å². The molecule has 0 saturated carbocycles. The van der Waals surface area contributed by atoms with E-state index in [1.165, 1.54) is 13.1 Å². The van der Waals surface area contributed by atoms with Crippen molar-refractivity contribution in [3.05, 3.63) is 35.4 Å². The Balaban J connectivity index is 2.11. The number of benzene rings is 1. The maximum atomic E-state index is 14.6. The highest BCUT2D eigenvalue weighted by Gasteiger charge is 2.57. The van der Waals surface area contributed by atoms with Crippen molar-refractivity contribution >= 4 is 22.1 Å². The van der Waals surface area contributed by atoms with Crippen LogP contribution in [0.25, 0.3) is 0 Å². The monoisotopic (exact) mass is 416 g/mol. The van der Waals surface area contributed by atoms with Gasteiger partial charge in [0.05, 0.1) is 0 Å². The second-order valence-corrected chi connectivity index (χ2v) is 9.89. The number of carbonyl (C=O) groups is 1. The molecule has 1 aromatic carbocycles. The molecular formula is C17H22F2N4O4S. The van der Waals surface area contributed by atoms with Gasteiger partial charge in [0.1, 0.15) is 28.0 Å². The summed E-state index contributed by atoms with van der Waals surface area (Å²) < 4.78 is 60.0. The number of sulfonamides is 1. The predicted molar refractivity (Wildman–Crippen MR) is 98.2 cm³/mol. The number of alkyl carbamates (subject to hydrolysis) is 1. The lowest BCUT2D eigenvalue weighted by Gasteiger charge is -2.39. The zero-order valence-electron chi connectivity index (χ0n) is 15.9. The average Bonchev–Trinajstić information content (AvgIpc) is 2.96. The van der Waals surface area contributed by atoms with Crippen LogP contribution in [-0.4, -0.2) is 55.8 Å². The van der Waals surface area contributed by atoms with Crippen LogP contribution >= 0.6 is 0 Å². The molecule has 8 nitrogen and oxygen atoms in total. The number of carbonyl (C=O) groups excluding carboxylic acids is 1. The molecule has 0 bridgehead atoms. The van der Waals surface area contributed by atoms with Gasteiger partial charge in [-0.1, -0.05) is 6.07 Å². The summed E-state index contributed by atoms with van der Waals surface area (Å²) in [7, 11) is -2.76. The number of hydrogen-bond acceptors (Lipinski definition) is 6. The molecule has 2 atom stereocenters. The minimum absolute atomic E-state index is 0.00673. The highest BCUT2D eigenvalue weighted by atomic mass is 32.2. The summed E-state index contributed by atoms with van der Waals surface area (Å²) in [5.41, 5.74) is -2.42. The van der Waals surface area contributed by atoms with Crippen molar-refractivity contribution in [2.75, 3.05) is 20.1 Å². The summed E-state index contributed by atoms with van der Waals surface area (Å²) in [6.45, 7) is 5.01. The van der Waals surface area contributed by atoms with Crippen LogP contribution in [0.3, 0.4) is 0 Å². The summed E-state index contributed by atoms with van der Waals surface area (Å²) in [6.07, 6.45) is -0.896. The van der Waals surface area contributed by atoms with Gasteiger partial charge in [0.15, 0.2) is 0 Å². The number of guanidine groups is 1. The Morgan fingerprint density at radius 1 is 1.39 bits per heavy atom. The SMILES string of the molecule is CN1C(NC(=O)OC(C)(C)C)=N[C@@]2(c3ccc(F)cc3F)CNC[C@H]2S1(=O)=O. The first-order chi connectivity index (χ1) is 12.9. The number of hydrogen-bond donors (Lipinski definition) is 2. The zero-order valence-corrected chi connectivity index (χ0v) is 16.7. The molecule has 2 N–H and O–H groups in total. The van der Waals surface area contributed by atoms with Gasteiger partial charge in [0.25, 0.3) is 0 Å². The highest BCUT2D eigenvalue weighted by Crippen LogP contribution is 2.41. The van der Waals surface area contributed by atoms with Crippen LogP contribution in [0.4, 0.5) is 13.6 Å². The predicted octanol–water partition coefficient (Wildman–Crippen LogP) is 1.29. The van der Waals surface area contributed by atoms with Gasteiger partial charge in [-0.15, -0.1) is 0 Å². The molecule has 1 amide bonds. The second kappa shape index (κ2) is 6.66. The molecule has 0 radical (unpaired) electrons. The maximum absolute atomic E-state index is 14.6. The molecule has 3 rings (SSSR count). The Bertz CT molecular complexity index is 945. The van der Waals surface area contributed by atoms with E-state index in [9.17, 15) is 22.0 Å². The van der Waals surface area contributed by atoms with Crippen LogP contribution in [-0.2, 0) is 20.3 Å². The number of nitrogens with one attached hydrogen (secondary N) is 2. The van der Waals surface area contributed by atoms with E-state index < -0.39 is 44.1 Å². The van der Waals surface area contributed by atoms with Crippen molar-refractivity contribution in [1.29, 1.82) is 0 Å². The van der Waals surface area contributed by atoms with Crippen molar-refractivity contribution in [3.63, 3.8) is 0 Å². The number of rotatable bonds is 1. The topological polar surface area (TPSA) is 100 Å². The van der Waals surface area contributed by atoms with E-state index in [1.807, 2.05) is 0 Å². The normalized spacial score (nSPS) is 26.4. The van der Waals surface area contributed by atoms with Gasteiger partial charge in [-0.05, 0) is 26.8 Å². The first kappa shape index (κ1) is 20.5.